The number of isothiocyanates is 1. The third-order valence-electron chi connectivity index (χ3n) is 7.67. The van der Waals surface area contributed by atoms with Crippen LogP contribution in [0.25, 0.3) is 61.3 Å². The van der Waals surface area contributed by atoms with E-state index >= 15 is 0 Å². The third kappa shape index (κ3) is 10.4. The van der Waals surface area contributed by atoms with Crippen LogP contribution >= 0.6 is 23.6 Å². The predicted molar refractivity (Wildman–Crippen MR) is 202 cm³/mol. The van der Waals surface area contributed by atoms with Crippen molar-refractivity contribution >= 4 is 46.6 Å². The minimum absolute atomic E-state index is 0. The second-order valence-electron chi connectivity index (χ2n) is 11.4. The Bertz CT molecular complexity index is 2640. The van der Waals surface area contributed by atoms with Crippen molar-refractivity contribution in [2.45, 2.75) is 6.92 Å². The summed E-state index contributed by atoms with van der Waals surface area (Å²) < 4.78 is 67.9. The van der Waals surface area contributed by atoms with Crippen LogP contribution in [0.2, 0.25) is 0 Å². The first-order chi connectivity index (χ1) is 27.6. The molecule has 3 N–H and O–H groups in total. The van der Waals surface area contributed by atoms with Crippen LogP contribution in [-0.4, -0.2) is 63.4 Å². The molecule has 6 aromatic heterocycles. The summed E-state index contributed by atoms with van der Waals surface area (Å²) in [5, 5.41) is 43.3. The molecule has 59 heavy (non-hydrogen) atoms. The fourth-order valence-electron chi connectivity index (χ4n) is 4.98. The summed E-state index contributed by atoms with van der Waals surface area (Å²) in [4.78, 5) is 52.5. The number of halogens is 5. The number of thiocarbonyl (C=S) groups is 1. The van der Waals surface area contributed by atoms with Crippen LogP contribution in [0.4, 0.5) is 22.0 Å². The molecule has 0 saturated carbocycles. The Morgan fingerprint density at radius 1 is 0.661 bits per heavy atom. The van der Waals surface area contributed by atoms with Gasteiger partial charge in [-0.1, -0.05) is 17.9 Å². The largest absolute Gasteiger partial charge is 2.00 e. The summed E-state index contributed by atoms with van der Waals surface area (Å²) in [5.41, 5.74) is 0.149. The van der Waals surface area contributed by atoms with E-state index in [0.717, 1.165) is 21.4 Å². The number of aromatic carboxylic acids is 3. The van der Waals surface area contributed by atoms with Crippen LogP contribution in [-0.2, 0) is 19.5 Å². The molecule has 298 valence electrons. The minimum Gasteiger partial charge on any atom is -0.753 e. The number of nitrogens with zero attached hydrogens (tertiary/aromatic N) is 7. The summed E-state index contributed by atoms with van der Waals surface area (Å²) in [6, 6.07) is 16.1. The van der Waals surface area contributed by atoms with Gasteiger partial charge in [0.2, 0.25) is 5.82 Å². The topological polar surface area (TPSA) is 213 Å². The van der Waals surface area contributed by atoms with Crippen LogP contribution in [0, 0.1) is 36.0 Å². The fraction of sp³-hybridized carbons (Fsp3) is 0.0263. The SMILES string of the molecule is Cc1ccc(-c2ccc(-c3cc(-c4c(F)c(F)c(F)c(F)c4F)n[n-]3)nc2)s1.O=C(O)c1ccnc(-c2cc(C(=O)O)cc(-c3cc(C(=O)O)ccn3)n2)c1.[N-]=C=S.[Ru+2]. The first-order valence-corrected chi connectivity index (χ1v) is 17.1. The molecule has 0 aliphatic carbocycles. The minimum atomic E-state index is -2.22. The van der Waals surface area contributed by atoms with Gasteiger partial charge < -0.3 is 30.9 Å². The Balaban J connectivity index is 0.000000241. The molecule has 0 aliphatic rings. The van der Waals surface area contributed by atoms with Gasteiger partial charge in [0.25, 0.3) is 0 Å². The number of aromatic nitrogens is 6. The maximum absolute atomic E-state index is 13.9. The zero-order valence-corrected chi connectivity index (χ0v) is 32.7. The van der Waals surface area contributed by atoms with Crippen molar-refractivity contribution in [2.24, 2.45) is 0 Å². The molecular formula is C38H20F5N7O6RuS2. The number of carboxylic acids is 3. The molecule has 7 aromatic rings. The van der Waals surface area contributed by atoms with Crippen molar-refractivity contribution in [2.75, 3.05) is 0 Å². The molecule has 1 aromatic carbocycles. The molecule has 0 spiro atoms. The average Bonchev–Trinajstić information content (AvgIpc) is 3.89. The van der Waals surface area contributed by atoms with Gasteiger partial charge in [0.1, 0.15) is 0 Å². The van der Waals surface area contributed by atoms with Gasteiger partial charge in [0, 0.05) is 39.6 Å². The molecule has 0 radical (unpaired) electrons. The zero-order chi connectivity index (χ0) is 42.3. The van der Waals surface area contributed by atoms with E-state index in [1.54, 1.807) is 29.7 Å². The monoisotopic (exact) mass is 931 g/mol. The number of hydrogen-bond donors (Lipinski definition) is 3. The molecule has 0 bridgehead atoms. The molecule has 0 unspecified atom stereocenters. The zero-order valence-electron chi connectivity index (χ0n) is 29.3. The molecule has 7 rings (SSSR count). The van der Waals surface area contributed by atoms with E-state index in [0.29, 0.717) is 5.69 Å². The third-order valence-corrected chi connectivity index (χ3v) is 8.72. The van der Waals surface area contributed by atoms with Crippen molar-refractivity contribution in [3.63, 3.8) is 0 Å². The van der Waals surface area contributed by atoms with E-state index in [1.807, 2.05) is 19.1 Å². The van der Waals surface area contributed by atoms with E-state index in [4.69, 9.17) is 15.6 Å². The number of carbonyl (C=O) groups is 3. The molecule has 6 heterocycles. The molecule has 0 amide bonds. The summed E-state index contributed by atoms with van der Waals surface area (Å²) in [7, 11) is 0. The normalized spacial score (nSPS) is 10.2. The number of pyridine rings is 4. The Morgan fingerprint density at radius 2 is 1.15 bits per heavy atom. The van der Waals surface area contributed by atoms with Gasteiger partial charge >= 0.3 is 37.4 Å². The Hall–Kier alpha value is -6.79. The first-order valence-electron chi connectivity index (χ1n) is 15.8. The summed E-state index contributed by atoms with van der Waals surface area (Å²) in [6.45, 7) is 1.98. The summed E-state index contributed by atoms with van der Waals surface area (Å²) in [5.74, 6) is -13.8. The standard InChI is InChI=1S/C19H9F5N3S.C18H11N3O6.CNS.Ru/c1-8-2-5-13(28-8)9-3-4-10(25-7-9)11-6-12(27-26-11)14-15(20)17(22)19(24)18(23)16(14)21;22-16(23)9-1-3-19-12(5-9)14-7-11(18(26)27)8-15(21-14)13-6-10(17(24)25)2-4-20-13;2-1-3;/h2-7H,1H3;1-8H,(H,22,23)(H,24,25)(H,26,27);;/q-1;;-1;+2. The molecular weight excluding hydrogens is 911 g/mol. The maximum Gasteiger partial charge on any atom is 2.00 e. The predicted octanol–water partition coefficient (Wildman–Crippen LogP) is 8.46. The van der Waals surface area contributed by atoms with E-state index in [-0.39, 0.29) is 64.6 Å². The fourth-order valence-corrected chi connectivity index (χ4v) is 5.83. The van der Waals surface area contributed by atoms with Crippen molar-refractivity contribution < 1.29 is 71.1 Å². The molecule has 0 atom stereocenters. The Morgan fingerprint density at radius 3 is 1.59 bits per heavy atom. The van der Waals surface area contributed by atoms with Crippen LogP contribution in [0.3, 0.4) is 0 Å². The number of hydrogen-bond acceptors (Lipinski definition) is 10. The molecule has 21 heteroatoms. The van der Waals surface area contributed by atoms with Gasteiger partial charge in [-0.2, -0.15) is 5.16 Å². The van der Waals surface area contributed by atoms with Crippen molar-refractivity contribution in [3.8, 4) is 55.9 Å². The van der Waals surface area contributed by atoms with Gasteiger partial charge in [-0.05, 0) is 73.7 Å². The van der Waals surface area contributed by atoms with E-state index in [2.05, 4.69) is 42.4 Å². The second kappa shape index (κ2) is 19.6. The second-order valence-corrected chi connectivity index (χ2v) is 12.9. The van der Waals surface area contributed by atoms with Crippen LogP contribution in [0.5, 0.6) is 0 Å². The van der Waals surface area contributed by atoms with Gasteiger partial charge in [-0.25, -0.2) is 41.3 Å². The Labute approximate surface area is 350 Å². The summed E-state index contributed by atoms with van der Waals surface area (Å²) in [6.07, 6.45) is 4.15. The Kier molecular flexibility index (Phi) is 14.9. The van der Waals surface area contributed by atoms with Gasteiger partial charge in [0.15, 0.2) is 23.3 Å². The first kappa shape index (κ1) is 44.9. The van der Waals surface area contributed by atoms with Gasteiger partial charge in [0.05, 0.1) is 50.7 Å². The average molecular weight is 931 g/mol. The molecule has 0 saturated heterocycles. The molecule has 13 nitrogen and oxygen atoms in total. The smallest absolute Gasteiger partial charge is 0.753 e. The quantitative estimate of drug-likeness (QED) is 0.0326. The van der Waals surface area contributed by atoms with Crippen LogP contribution in [0.1, 0.15) is 36.0 Å². The van der Waals surface area contributed by atoms with Crippen molar-refractivity contribution in [1.82, 2.24) is 30.1 Å². The van der Waals surface area contributed by atoms with E-state index < -0.39 is 58.3 Å². The van der Waals surface area contributed by atoms with Crippen LogP contribution < -0.4 is 5.10 Å². The number of benzene rings is 1. The number of thiophene rings is 1. The van der Waals surface area contributed by atoms with E-state index in [1.165, 1.54) is 54.0 Å². The van der Waals surface area contributed by atoms with Gasteiger partial charge in [-0.15, -0.1) is 11.3 Å². The molecule has 0 aliphatic heterocycles. The van der Waals surface area contributed by atoms with Crippen molar-refractivity contribution in [1.29, 1.82) is 0 Å². The summed E-state index contributed by atoms with van der Waals surface area (Å²) >= 11 is 5.30. The number of rotatable bonds is 8. The van der Waals surface area contributed by atoms with Crippen molar-refractivity contribution in [3.05, 3.63) is 141 Å². The van der Waals surface area contributed by atoms with Crippen LogP contribution in [0.15, 0.2) is 85.3 Å². The maximum atomic E-state index is 13.9. The number of carboxylic acid groups (broad SMARTS) is 3. The molecule has 0 fully saturated rings. The van der Waals surface area contributed by atoms with Gasteiger partial charge in [-0.3, -0.25) is 15.0 Å². The van der Waals surface area contributed by atoms with E-state index in [9.17, 15) is 41.4 Å². The number of aryl methyl sites for hydroxylation is 1.